The standard InChI is InChI=1S/C15H17N5O/c21-15(12-1-5-16-6-2-12)19-13-3-9-20(10-4-13)14-11-17-7-8-18-14/h1-2,5-8,11,13H,3-4,9-10H2,(H,19,21). The molecule has 0 aromatic carbocycles. The van der Waals surface area contributed by atoms with Gasteiger partial charge in [-0.2, -0.15) is 0 Å². The molecule has 0 radical (unpaired) electrons. The molecule has 6 nitrogen and oxygen atoms in total. The van der Waals surface area contributed by atoms with Crippen LogP contribution < -0.4 is 10.2 Å². The average Bonchev–Trinajstić information content (AvgIpc) is 2.57. The van der Waals surface area contributed by atoms with E-state index >= 15 is 0 Å². The summed E-state index contributed by atoms with van der Waals surface area (Å²) in [6, 6.07) is 3.66. The summed E-state index contributed by atoms with van der Waals surface area (Å²) in [5.74, 6) is 0.867. The fourth-order valence-corrected chi connectivity index (χ4v) is 2.48. The van der Waals surface area contributed by atoms with E-state index in [1.807, 2.05) is 0 Å². The van der Waals surface area contributed by atoms with Gasteiger partial charge in [0.25, 0.3) is 5.91 Å². The molecule has 0 unspecified atom stereocenters. The highest BCUT2D eigenvalue weighted by Gasteiger charge is 2.21. The number of anilines is 1. The van der Waals surface area contributed by atoms with Crippen molar-refractivity contribution in [1.29, 1.82) is 0 Å². The molecule has 108 valence electrons. The van der Waals surface area contributed by atoms with Crippen LogP contribution in [-0.4, -0.2) is 40.0 Å². The molecule has 0 bridgehead atoms. The van der Waals surface area contributed by atoms with Crippen LogP contribution in [0.5, 0.6) is 0 Å². The van der Waals surface area contributed by atoms with Crippen molar-refractivity contribution in [2.45, 2.75) is 18.9 Å². The first kappa shape index (κ1) is 13.5. The highest BCUT2D eigenvalue weighted by atomic mass is 16.1. The molecule has 2 aromatic rings. The SMILES string of the molecule is O=C(NC1CCN(c2cnccn2)CC1)c1ccncc1. The number of piperidine rings is 1. The molecule has 1 saturated heterocycles. The smallest absolute Gasteiger partial charge is 0.251 e. The Hall–Kier alpha value is -2.50. The molecule has 1 fully saturated rings. The van der Waals surface area contributed by atoms with Gasteiger partial charge in [-0.1, -0.05) is 0 Å². The van der Waals surface area contributed by atoms with Gasteiger partial charge >= 0.3 is 0 Å². The van der Waals surface area contributed by atoms with Crippen molar-refractivity contribution in [3.8, 4) is 0 Å². The van der Waals surface area contributed by atoms with Gasteiger partial charge in [0.2, 0.25) is 0 Å². The molecule has 1 N–H and O–H groups in total. The van der Waals surface area contributed by atoms with E-state index in [1.54, 1.807) is 43.1 Å². The zero-order valence-electron chi connectivity index (χ0n) is 11.6. The number of hydrogen-bond donors (Lipinski definition) is 1. The number of nitrogens with one attached hydrogen (secondary N) is 1. The number of hydrogen-bond acceptors (Lipinski definition) is 5. The lowest BCUT2D eigenvalue weighted by Crippen LogP contribution is -2.45. The van der Waals surface area contributed by atoms with Crippen molar-refractivity contribution in [3.63, 3.8) is 0 Å². The lowest BCUT2D eigenvalue weighted by molar-refractivity contribution is 0.0931. The van der Waals surface area contributed by atoms with Gasteiger partial charge in [0.15, 0.2) is 0 Å². The summed E-state index contributed by atoms with van der Waals surface area (Å²) in [6.45, 7) is 1.75. The number of aromatic nitrogens is 3. The monoisotopic (exact) mass is 283 g/mol. The summed E-state index contributed by atoms with van der Waals surface area (Å²) in [4.78, 5) is 26.6. The Kier molecular flexibility index (Phi) is 4.04. The summed E-state index contributed by atoms with van der Waals surface area (Å²) < 4.78 is 0. The molecular weight excluding hydrogens is 266 g/mol. The number of amides is 1. The van der Waals surface area contributed by atoms with Crippen LogP contribution in [-0.2, 0) is 0 Å². The van der Waals surface area contributed by atoms with E-state index in [-0.39, 0.29) is 11.9 Å². The first-order chi connectivity index (χ1) is 10.3. The Morgan fingerprint density at radius 1 is 1.10 bits per heavy atom. The van der Waals surface area contributed by atoms with E-state index in [1.165, 1.54) is 0 Å². The Labute approximate surface area is 123 Å². The lowest BCUT2D eigenvalue weighted by atomic mass is 10.0. The van der Waals surface area contributed by atoms with Gasteiger partial charge in [0, 0.05) is 49.5 Å². The van der Waals surface area contributed by atoms with E-state index in [9.17, 15) is 4.79 Å². The molecule has 3 heterocycles. The van der Waals surface area contributed by atoms with Crippen molar-refractivity contribution in [2.24, 2.45) is 0 Å². The second-order valence-electron chi connectivity index (χ2n) is 5.03. The van der Waals surface area contributed by atoms with Gasteiger partial charge < -0.3 is 10.2 Å². The zero-order chi connectivity index (χ0) is 14.5. The Bertz CT molecular complexity index is 582. The Balaban J connectivity index is 1.53. The number of carbonyl (C=O) groups is 1. The number of nitrogens with zero attached hydrogens (tertiary/aromatic N) is 4. The van der Waals surface area contributed by atoms with E-state index in [4.69, 9.17) is 0 Å². The van der Waals surface area contributed by atoms with Gasteiger partial charge in [-0.15, -0.1) is 0 Å². The molecule has 1 amide bonds. The third kappa shape index (κ3) is 3.34. The normalized spacial score (nSPS) is 15.7. The molecular formula is C15H17N5O. The van der Waals surface area contributed by atoms with Gasteiger partial charge in [-0.05, 0) is 25.0 Å². The number of carbonyl (C=O) groups excluding carboxylic acids is 1. The van der Waals surface area contributed by atoms with Crippen molar-refractivity contribution in [3.05, 3.63) is 48.7 Å². The van der Waals surface area contributed by atoms with Crippen molar-refractivity contribution in [2.75, 3.05) is 18.0 Å². The van der Waals surface area contributed by atoms with E-state index < -0.39 is 0 Å². The molecule has 2 aromatic heterocycles. The predicted molar refractivity (Wildman–Crippen MR) is 79.0 cm³/mol. The van der Waals surface area contributed by atoms with Gasteiger partial charge in [0.05, 0.1) is 6.20 Å². The van der Waals surface area contributed by atoms with Gasteiger partial charge in [-0.25, -0.2) is 4.98 Å². The van der Waals surface area contributed by atoms with Crippen molar-refractivity contribution >= 4 is 11.7 Å². The molecule has 0 atom stereocenters. The van der Waals surface area contributed by atoms with E-state index in [0.29, 0.717) is 5.56 Å². The molecule has 0 aliphatic carbocycles. The second kappa shape index (κ2) is 6.30. The summed E-state index contributed by atoms with van der Waals surface area (Å²) in [6.07, 6.45) is 10.2. The highest BCUT2D eigenvalue weighted by Crippen LogP contribution is 2.16. The minimum Gasteiger partial charge on any atom is -0.355 e. The van der Waals surface area contributed by atoms with Gasteiger partial charge in [0.1, 0.15) is 5.82 Å². The minimum atomic E-state index is -0.0321. The molecule has 3 rings (SSSR count). The topological polar surface area (TPSA) is 71.0 Å². The average molecular weight is 283 g/mol. The summed E-state index contributed by atoms with van der Waals surface area (Å²) >= 11 is 0. The lowest BCUT2D eigenvalue weighted by Gasteiger charge is -2.32. The van der Waals surface area contributed by atoms with Crippen LogP contribution in [0.4, 0.5) is 5.82 Å². The molecule has 0 spiro atoms. The van der Waals surface area contributed by atoms with E-state index in [2.05, 4.69) is 25.2 Å². The highest BCUT2D eigenvalue weighted by molar-refractivity contribution is 5.94. The Morgan fingerprint density at radius 2 is 1.86 bits per heavy atom. The predicted octanol–water partition coefficient (Wildman–Crippen LogP) is 1.27. The largest absolute Gasteiger partial charge is 0.355 e. The number of pyridine rings is 1. The van der Waals surface area contributed by atoms with Crippen LogP contribution in [0.25, 0.3) is 0 Å². The molecule has 6 heteroatoms. The zero-order valence-corrected chi connectivity index (χ0v) is 11.6. The van der Waals surface area contributed by atoms with Crippen LogP contribution >= 0.6 is 0 Å². The van der Waals surface area contributed by atoms with Crippen LogP contribution in [0.1, 0.15) is 23.2 Å². The molecule has 21 heavy (non-hydrogen) atoms. The Morgan fingerprint density at radius 3 is 2.52 bits per heavy atom. The van der Waals surface area contributed by atoms with Crippen LogP contribution in [0.3, 0.4) is 0 Å². The maximum absolute atomic E-state index is 12.1. The summed E-state index contributed by atoms with van der Waals surface area (Å²) in [7, 11) is 0. The van der Waals surface area contributed by atoms with Crippen LogP contribution in [0.15, 0.2) is 43.1 Å². The molecule has 0 saturated carbocycles. The minimum absolute atomic E-state index is 0.0321. The fraction of sp³-hybridized carbons (Fsp3) is 0.333. The van der Waals surface area contributed by atoms with Gasteiger partial charge in [-0.3, -0.25) is 14.8 Å². The first-order valence-corrected chi connectivity index (χ1v) is 7.05. The second-order valence-corrected chi connectivity index (χ2v) is 5.03. The quantitative estimate of drug-likeness (QED) is 0.918. The maximum atomic E-state index is 12.1. The van der Waals surface area contributed by atoms with Crippen molar-refractivity contribution < 1.29 is 4.79 Å². The van der Waals surface area contributed by atoms with Crippen LogP contribution in [0, 0.1) is 0 Å². The van der Waals surface area contributed by atoms with Crippen molar-refractivity contribution in [1.82, 2.24) is 20.3 Å². The summed E-state index contributed by atoms with van der Waals surface area (Å²) in [5, 5.41) is 3.08. The first-order valence-electron chi connectivity index (χ1n) is 7.05. The fourth-order valence-electron chi connectivity index (χ4n) is 2.48. The third-order valence-electron chi connectivity index (χ3n) is 3.65. The summed E-state index contributed by atoms with van der Waals surface area (Å²) in [5.41, 5.74) is 0.654. The van der Waals surface area contributed by atoms with E-state index in [0.717, 1.165) is 31.7 Å². The van der Waals surface area contributed by atoms with Crippen LogP contribution in [0.2, 0.25) is 0 Å². The molecule has 1 aliphatic heterocycles. The third-order valence-corrected chi connectivity index (χ3v) is 3.65. The molecule has 1 aliphatic rings. The number of rotatable bonds is 3. The maximum Gasteiger partial charge on any atom is 0.251 e.